The monoisotopic (exact) mass is 747 g/mol. The number of ether oxygens (including phenoxy) is 1. The molecule has 0 atom stereocenters. The van der Waals surface area contributed by atoms with Gasteiger partial charge in [-0.15, -0.1) is 0 Å². The van der Waals surface area contributed by atoms with Crippen molar-refractivity contribution < 1.29 is 60.1 Å². The zero-order chi connectivity index (χ0) is 21.2. The van der Waals surface area contributed by atoms with E-state index in [-0.39, 0.29) is 82.6 Å². The molecule has 0 aliphatic heterocycles. The molecule has 13 heteroatoms. The predicted molar refractivity (Wildman–Crippen MR) is 116 cm³/mol. The summed E-state index contributed by atoms with van der Waals surface area (Å²) in [7, 11) is 1.58. The van der Waals surface area contributed by atoms with Crippen LogP contribution in [-0.2, 0) is 11.2 Å². The number of nitrogens with one attached hydrogen (secondary N) is 1. The summed E-state index contributed by atoms with van der Waals surface area (Å²) in [5, 5.41) is 8.61. The van der Waals surface area contributed by atoms with Gasteiger partial charge < -0.3 is 61.0 Å². The van der Waals surface area contributed by atoms with Gasteiger partial charge in [-0.05, 0) is 48.5 Å². The Kier molecular flexibility index (Phi) is 14.1. The van der Waals surface area contributed by atoms with Crippen LogP contribution in [0.15, 0.2) is 41.8 Å². The molecule has 0 radical (unpaired) electrons. The fraction of sp³-hybridized carbons (Fsp3) is 0.350. The molecule has 2 heterocycles. The first-order valence-corrected chi connectivity index (χ1v) is 8.98. The Hall–Kier alpha value is -1.14. The van der Waals surface area contributed by atoms with Gasteiger partial charge in [0.15, 0.2) is 11.5 Å². The third kappa shape index (κ3) is 7.95. The van der Waals surface area contributed by atoms with Crippen molar-refractivity contribution in [2.24, 2.45) is 5.11 Å². The van der Waals surface area contributed by atoms with E-state index in [0.29, 0.717) is 17.4 Å². The molecule has 3 rings (SSSR count). The summed E-state index contributed by atoms with van der Waals surface area (Å²) in [5.74, 6) is 1.66. The maximum Gasteiger partial charge on any atom is 3.00 e. The van der Waals surface area contributed by atoms with E-state index in [9.17, 15) is 4.39 Å². The van der Waals surface area contributed by atoms with Crippen molar-refractivity contribution >= 4 is 48.3 Å². The number of halogens is 4. The van der Waals surface area contributed by atoms with Crippen LogP contribution in [0.25, 0.3) is 21.2 Å². The van der Waals surface area contributed by atoms with Crippen LogP contribution in [0.5, 0.6) is 5.75 Å². The average Bonchev–Trinajstić information content (AvgIpc) is 2.66. The van der Waals surface area contributed by atoms with Crippen LogP contribution in [0.1, 0.15) is 39.1 Å². The molecule has 0 fully saturated rings. The van der Waals surface area contributed by atoms with E-state index in [0.717, 1.165) is 16.3 Å². The molecule has 0 saturated heterocycles. The number of hydrogen-bond donors (Lipinski definition) is 1. The molecule has 0 bridgehead atoms. The van der Waals surface area contributed by atoms with Gasteiger partial charge in [-0.2, -0.15) is 0 Å². The van der Waals surface area contributed by atoms with Gasteiger partial charge in [0, 0.05) is 22.7 Å². The van der Waals surface area contributed by atoms with Gasteiger partial charge in [0.05, 0.1) is 12.6 Å². The molecular weight excluding hydrogens is 728 g/mol. The number of fused-ring (bicyclic) bond motifs is 1. The maximum absolute atomic E-state index is 14.2. The molecule has 0 amide bonds. The summed E-state index contributed by atoms with van der Waals surface area (Å²) in [5.41, 5.74) is 7.33. The molecule has 1 N–H and O–H groups in total. The van der Waals surface area contributed by atoms with Crippen molar-refractivity contribution in [3.63, 3.8) is 0 Å². The third-order valence-electron chi connectivity index (χ3n) is 4.48. The summed E-state index contributed by atoms with van der Waals surface area (Å²) >= 11 is 0. The van der Waals surface area contributed by atoms with E-state index in [1.807, 2.05) is 32.0 Å². The normalized spacial score (nSPS) is 10.4. The number of alkyl halides is 1. The summed E-state index contributed by atoms with van der Waals surface area (Å²) in [6.07, 6.45) is 3.17. The number of benzene rings is 1. The van der Waals surface area contributed by atoms with Crippen LogP contribution in [0, 0.1) is 0 Å². The van der Waals surface area contributed by atoms with E-state index < -0.39 is 11.2 Å². The van der Waals surface area contributed by atoms with Gasteiger partial charge in [0.2, 0.25) is 0 Å². The topological polar surface area (TPSA) is 109 Å². The van der Waals surface area contributed by atoms with Gasteiger partial charge in [-0.25, -0.2) is 19.3 Å². The van der Waals surface area contributed by atoms with Crippen LogP contribution in [0.4, 0.5) is 16.0 Å². The van der Waals surface area contributed by atoms with Crippen LogP contribution in [0.3, 0.4) is 0 Å². The second-order valence-corrected chi connectivity index (χ2v) is 7.54. The Morgan fingerprint density at radius 1 is 1.03 bits per heavy atom. The van der Waals surface area contributed by atoms with Crippen molar-refractivity contribution in [3.05, 3.63) is 58.5 Å². The fourth-order valence-corrected chi connectivity index (χ4v) is 3.00. The minimum atomic E-state index is -1.66. The molecule has 0 saturated carbocycles. The van der Waals surface area contributed by atoms with Crippen LogP contribution >= 0.6 is 0 Å². The molecule has 8 nitrogen and oxygen atoms in total. The second-order valence-electron chi connectivity index (χ2n) is 7.54. The van der Waals surface area contributed by atoms with E-state index in [2.05, 4.69) is 30.3 Å². The van der Waals surface area contributed by atoms with E-state index in [1.54, 1.807) is 19.4 Å². The number of anilines is 2. The first-order chi connectivity index (χ1) is 13.7. The van der Waals surface area contributed by atoms with Crippen LogP contribution in [-0.4, -0.2) is 47.9 Å². The minimum Gasteiger partial charge on any atom is -1.00 e. The molecular formula is C20H22Br3FInN7O. The zero-order valence-electron chi connectivity index (χ0n) is 18.6. The van der Waals surface area contributed by atoms with E-state index in [4.69, 9.17) is 10.3 Å². The smallest absolute Gasteiger partial charge is 1.00 e. The number of azide groups is 1. The van der Waals surface area contributed by atoms with Crippen molar-refractivity contribution in [2.45, 2.75) is 38.9 Å². The summed E-state index contributed by atoms with van der Waals surface area (Å²) in [6.45, 7) is 6.47. The maximum atomic E-state index is 14.2. The number of pyridine rings is 1. The molecule has 0 aliphatic carbocycles. The van der Waals surface area contributed by atoms with Crippen LogP contribution < -0.4 is 61.0 Å². The Balaban J connectivity index is 0. The Bertz CT molecular complexity index is 1120. The quantitative estimate of drug-likeness (QED) is 0.158. The van der Waals surface area contributed by atoms with Gasteiger partial charge in [0.25, 0.3) is 0 Å². The molecule has 2 aromatic heterocycles. The molecule has 33 heavy (non-hydrogen) atoms. The van der Waals surface area contributed by atoms with Gasteiger partial charge in [-0.1, -0.05) is 25.0 Å². The molecule has 1 aromatic carbocycles. The summed E-state index contributed by atoms with van der Waals surface area (Å²) in [4.78, 5) is 15.6. The van der Waals surface area contributed by atoms with E-state index >= 15 is 0 Å². The zero-order valence-corrected chi connectivity index (χ0v) is 26.7. The molecule has 0 aliphatic rings. The van der Waals surface area contributed by atoms with Crippen molar-refractivity contribution in [2.75, 3.05) is 12.4 Å². The predicted octanol–water partition coefficient (Wildman–Crippen LogP) is -3.84. The Morgan fingerprint density at radius 2 is 1.70 bits per heavy atom. The number of rotatable bonds is 6. The largest absolute Gasteiger partial charge is 3.00 e. The minimum absolute atomic E-state index is 0. The van der Waals surface area contributed by atoms with Crippen molar-refractivity contribution in [1.82, 2.24) is 15.0 Å². The summed E-state index contributed by atoms with van der Waals surface area (Å²) in [6, 6.07) is 7.15. The average molecular weight is 750 g/mol. The Morgan fingerprint density at radius 3 is 2.27 bits per heavy atom. The molecule has 174 valence electrons. The second kappa shape index (κ2) is 13.7. The number of nitrogens with zero attached hydrogens (tertiary/aromatic N) is 6. The number of methoxy groups -OCH3 is 1. The standard InChI is InChI=1S/C20H22FN7O.3BrH.In/c1-19(2,21)18-23-9-8-16(26-18)25-17-10-12-13(11-24-17)15(29-5)7-6-14(12)20(3,4)27-28-22;;;;/h6-11H,1-5H3,(H,23,24,25,26);3*1H;/q;;;;+3/p-3. The van der Waals surface area contributed by atoms with Crippen LogP contribution in [0.2, 0.25) is 0 Å². The molecule has 3 aromatic rings. The molecule has 0 spiro atoms. The Labute approximate surface area is 242 Å². The first-order valence-electron chi connectivity index (χ1n) is 8.98. The van der Waals surface area contributed by atoms with Crippen molar-refractivity contribution in [3.8, 4) is 5.75 Å². The van der Waals surface area contributed by atoms with Crippen molar-refractivity contribution in [1.29, 1.82) is 0 Å². The van der Waals surface area contributed by atoms with Gasteiger partial charge in [0.1, 0.15) is 17.4 Å². The SMILES string of the molecule is COc1ccc(C(C)(C)N=[N+]=[N-])c2cc(Nc3ccnc(C(C)(C)F)n3)ncc12.[Br-].[Br-].[Br-].[In+3]. The number of hydrogen-bond acceptors (Lipinski definition) is 6. The van der Waals surface area contributed by atoms with Gasteiger partial charge >= 0.3 is 25.8 Å². The van der Waals surface area contributed by atoms with Gasteiger partial charge in [-0.3, -0.25) is 0 Å². The number of aromatic nitrogens is 3. The first kappa shape index (κ1) is 34.0. The van der Waals surface area contributed by atoms with E-state index in [1.165, 1.54) is 20.0 Å². The third-order valence-corrected chi connectivity index (χ3v) is 4.48. The fourth-order valence-electron chi connectivity index (χ4n) is 3.00. The summed E-state index contributed by atoms with van der Waals surface area (Å²) < 4.78 is 19.6. The molecule has 0 unspecified atom stereocenters.